The number of rotatable bonds is 4. The van der Waals surface area contributed by atoms with Crippen molar-refractivity contribution in [2.75, 3.05) is 5.32 Å². The van der Waals surface area contributed by atoms with Crippen LogP contribution in [0.25, 0.3) is 0 Å². The Morgan fingerprint density at radius 1 is 1.28 bits per heavy atom. The van der Waals surface area contributed by atoms with Crippen molar-refractivity contribution in [3.63, 3.8) is 0 Å². The van der Waals surface area contributed by atoms with Crippen LogP contribution in [0.15, 0.2) is 24.3 Å². The Kier molecular flexibility index (Phi) is 4.42. The van der Waals surface area contributed by atoms with E-state index < -0.39 is 17.9 Å². The molecular formula is C12H14N2O4. The predicted molar refractivity (Wildman–Crippen MR) is 65.3 cm³/mol. The molecule has 0 bridgehead atoms. The fraction of sp³-hybridized carbons (Fsp3) is 0.250. The number of nitrogens with one attached hydrogen (secondary N) is 2. The molecule has 0 aliphatic rings. The van der Waals surface area contributed by atoms with E-state index in [4.69, 9.17) is 5.11 Å². The van der Waals surface area contributed by atoms with E-state index in [1.807, 2.05) is 0 Å². The van der Waals surface area contributed by atoms with Gasteiger partial charge >= 0.3 is 5.97 Å². The molecule has 2 amide bonds. The number of anilines is 1. The molecule has 18 heavy (non-hydrogen) atoms. The molecule has 0 aliphatic heterocycles. The molecule has 0 saturated carbocycles. The molecule has 0 radical (unpaired) electrons. The first kappa shape index (κ1) is 13.7. The first-order valence-corrected chi connectivity index (χ1v) is 5.31. The van der Waals surface area contributed by atoms with E-state index in [-0.39, 0.29) is 11.5 Å². The summed E-state index contributed by atoms with van der Waals surface area (Å²) >= 11 is 0. The smallest absolute Gasteiger partial charge is 0.325 e. The number of carboxylic acids is 1. The van der Waals surface area contributed by atoms with Crippen LogP contribution in [0.5, 0.6) is 0 Å². The van der Waals surface area contributed by atoms with Gasteiger partial charge in [-0.05, 0) is 25.1 Å². The highest BCUT2D eigenvalue weighted by molar-refractivity contribution is 5.98. The average molecular weight is 250 g/mol. The van der Waals surface area contributed by atoms with E-state index in [2.05, 4.69) is 10.6 Å². The van der Waals surface area contributed by atoms with Crippen LogP contribution < -0.4 is 10.6 Å². The number of carbonyl (C=O) groups is 3. The summed E-state index contributed by atoms with van der Waals surface area (Å²) in [5, 5.41) is 13.5. The number of hydrogen-bond donors (Lipinski definition) is 3. The summed E-state index contributed by atoms with van der Waals surface area (Å²) < 4.78 is 0. The largest absolute Gasteiger partial charge is 0.480 e. The summed E-state index contributed by atoms with van der Waals surface area (Å²) in [4.78, 5) is 33.2. The second kappa shape index (κ2) is 5.81. The van der Waals surface area contributed by atoms with Crippen LogP contribution in [0, 0.1) is 0 Å². The highest BCUT2D eigenvalue weighted by Crippen LogP contribution is 2.10. The number of carbonyl (C=O) groups excluding carboxylic acids is 2. The molecule has 1 atom stereocenters. The molecule has 6 nitrogen and oxygen atoms in total. The molecule has 0 spiro atoms. The fourth-order valence-electron chi connectivity index (χ4n) is 1.28. The molecule has 3 N–H and O–H groups in total. The summed E-state index contributed by atoms with van der Waals surface area (Å²) in [6, 6.07) is 5.28. The molecule has 0 aromatic heterocycles. The number of amides is 2. The zero-order valence-corrected chi connectivity index (χ0v) is 10.1. The Balaban J connectivity index is 2.80. The summed E-state index contributed by atoms with van der Waals surface area (Å²) in [5.41, 5.74) is 0.771. The minimum atomic E-state index is -1.11. The van der Waals surface area contributed by atoms with E-state index in [0.29, 0.717) is 5.69 Å². The van der Waals surface area contributed by atoms with Crippen molar-refractivity contribution in [3.8, 4) is 0 Å². The summed E-state index contributed by atoms with van der Waals surface area (Å²) in [6.45, 7) is 2.73. The van der Waals surface area contributed by atoms with Crippen molar-refractivity contribution in [1.29, 1.82) is 0 Å². The molecule has 0 fully saturated rings. The first-order valence-electron chi connectivity index (χ1n) is 5.31. The van der Waals surface area contributed by atoms with E-state index in [9.17, 15) is 14.4 Å². The summed E-state index contributed by atoms with van der Waals surface area (Å²) in [6.07, 6.45) is 0. The Morgan fingerprint density at radius 2 is 1.94 bits per heavy atom. The zero-order valence-electron chi connectivity index (χ0n) is 10.1. The third-order valence-electron chi connectivity index (χ3n) is 2.16. The Labute approximate surface area is 104 Å². The minimum absolute atomic E-state index is 0.244. The van der Waals surface area contributed by atoms with Crippen molar-refractivity contribution < 1.29 is 19.5 Å². The molecule has 0 heterocycles. The van der Waals surface area contributed by atoms with Gasteiger partial charge in [0.25, 0.3) is 5.91 Å². The summed E-state index contributed by atoms with van der Waals surface area (Å²) in [7, 11) is 0. The van der Waals surface area contributed by atoms with Crippen LogP contribution >= 0.6 is 0 Å². The molecule has 1 aromatic rings. The van der Waals surface area contributed by atoms with Crippen LogP contribution in [0.4, 0.5) is 5.69 Å². The summed E-state index contributed by atoms with van der Waals surface area (Å²) in [5.74, 6) is -1.86. The third-order valence-corrected chi connectivity index (χ3v) is 2.16. The maximum atomic E-state index is 11.7. The zero-order chi connectivity index (χ0) is 13.7. The number of hydrogen-bond acceptors (Lipinski definition) is 3. The van der Waals surface area contributed by atoms with Crippen LogP contribution in [0.1, 0.15) is 24.2 Å². The highest BCUT2D eigenvalue weighted by atomic mass is 16.4. The molecule has 0 unspecified atom stereocenters. The first-order chi connectivity index (χ1) is 8.40. The number of carboxylic acid groups (broad SMARTS) is 1. The van der Waals surface area contributed by atoms with Crippen molar-refractivity contribution in [3.05, 3.63) is 29.8 Å². The number of aliphatic carboxylic acids is 1. The Bertz CT molecular complexity index is 485. The second-order valence-electron chi connectivity index (χ2n) is 3.80. The van der Waals surface area contributed by atoms with E-state index in [1.54, 1.807) is 12.1 Å². The van der Waals surface area contributed by atoms with Crippen LogP contribution in [0.3, 0.4) is 0 Å². The average Bonchev–Trinajstić information content (AvgIpc) is 2.28. The minimum Gasteiger partial charge on any atom is -0.480 e. The van der Waals surface area contributed by atoms with Gasteiger partial charge in [0.2, 0.25) is 5.91 Å². The number of benzene rings is 1. The predicted octanol–water partition coefficient (Wildman–Crippen LogP) is 0.848. The van der Waals surface area contributed by atoms with Crippen LogP contribution in [-0.4, -0.2) is 28.9 Å². The standard InChI is InChI=1S/C12H14N2O4/c1-7(12(17)18)13-11(16)9-4-3-5-10(6-9)14-8(2)15/h3-7H,1-2H3,(H,13,16)(H,14,15)(H,17,18)/t7-/m0/s1. The van der Waals surface area contributed by atoms with Crippen LogP contribution in [-0.2, 0) is 9.59 Å². The molecule has 0 saturated heterocycles. The maximum Gasteiger partial charge on any atom is 0.325 e. The van der Waals surface area contributed by atoms with Gasteiger partial charge in [0.05, 0.1) is 0 Å². The SMILES string of the molecule is CC(=O)Nc1cccc(C(=O)N[C@@H](C)C(=O)O)c1. The lowest BCUT2D eigenvalue weighted by molar-refractivity contribution is -0.138. The van der Waals surface area contributed by atoms with Gasteiger partial charge in [-0.1, -0.05) is 6.07 Å². The van der Waals surface area contributed by atoms with Crippen LogP contribution in [0.2, 0.25) is 0 Å². The molecule has 0 aliphatic carbocycles. The van der Waals surface area contributed by atoms with E-state index >= 15 is 0 Å². The quantitative estimate of drug-likeness (QED) is 0.738. The molecule has 96 valence electrons. The lowest BCUT2D eigenvalue weighted by atomic mass is 10.1. The van der Waals surface area contributed by atoms with Gasteiger partial charge < -0.3 is 15.7 Å². The van der Waals surface area contributed by atoms with Gasteiger partial charge in [0.1, 0.15) is 6.04 Å². The molecule has 1 rings (SSSR count). The Morgan fingerprint density at radius 3 is 2.50 bits per heavy atom. The maximum absolute atomic E-state index is 11.7. The Hall–Kier alpha value is -2.37. The lowest BCUT2D eigenvalue weighted by Crippen LogP contribution is -2.38. The van der Waals surface area contributed by atoms with Gasteiger partial charge in [-0.15, -0.1) is 0 Å². The van der Waals surface area contributed by atoms with E-state index in [0.717, 1.165) is 0 Å². The monoisotopic (exact) mass is 250 g/mol. The van der Waals surface area contributed by atoms with Gasteiger partial charge in [0.15, 0.2) is 0 Å². The molecule has 1 aromatic carbocycles. The topological polar surface area (TPSA) is 95.5 Å². The van der Waals surface area contributed by atoms with Gasteiger partial charge in [-0.2, -0.15) is 0 Å². The molecule has 6 heteroatoms. The van der Waals surface area contributed by atoms with Gasteiger partial charge in [0, 0.05) is 18.2 Å². The van der Waals surface area contributed by atoms with Crippen molar-refractivity contribution in [1.82, 2.24) is 5.32 Å². The van der Waals surface area contributed by atoms with Crippen molar-refractivity contribution in [2.24, 2.45) is 0 Å². The third kappa shape index (κ3) is 3.89. The van der Waals surface area contributed by atoms with E-state index in [1.165, 1.54) is 26.0 Å². The normalized spacial score (nSPS) is 11.4. The highest BCUT2D eigenvalue weighted by Gasteiger charge is 2.15. The lowest BCUT2D eigenvalue weighted by Gasteiger charge is -2.10. The van der Waals surface area contributed by atoms with Crippen molar-refractivity contribution >= 4 is 23.5 Å². The fourth-order valence-corrected chi connectivity index (χ4v) is 1.28. The van der Waals surface area contributed by atoms with Gasteiger partial charge in [-0.25, -0.2) is 0 Å². The molecular weight excluding hydrogens is 236 g/mol. The second-order valence-corrected chi connectivity index (χ2v) is 3.80. The van der Waals surface area contributed by atoms with Gasteiger partial charge in [-0.3, -0.25) is 14.4 Å². The van der Waals surface area contributed by atoms with Crippen molar-refractivity contribution in [2.45, 2.75) is 19.9 Å².